The van der Waals surface area contributed by atoms with Crippen LogP contribution < -0.4 is 14.8 Å². The minimum absolute atomic E-state index is 0.100. The van der Waals surface area contributed by atoms with Crippen LogP contribution in [0.5, 0.6) is 11.5 Å². The van der Waals surface area contributed by atoms with E-state index in [2.05, 4.69) is 5.32 Å². The molecule has 0 aliphatic carbocycles. The number of Topliss-reactive ketones (excluding diaryl/α,β-unsaturated/α-hetero) is 1. The first-order valence-electron chi connectivity index (χ1n) is 7.45. The number of nitrogens with one attached hydrogen (secondary N) is 1. The molecule has 0 radical (unpaired) electrons. The van der Waals surface area contributed by atoms with Crippen molar-refractivity contribution in [2.24, 2.45) is 5.41 Å². The van der Waals surface area contributed by atoms with Crippen molar-refractivity contribution < 1.29 is 19.1 Å². The molecule has 0 unspecified atom stereocenters. The molecule has 0 bridgehead atoms. The molecule has 0 heterocycles. The third-order valence-electron chi connectivity index (χ3n) is 4.25. The van der Waals surface area contributed by atoms with E-state index in [0.29, 0.717) is 30.9 Å². The standard InChI is InChI=1S/C17H25NO4/c1-6-17(7-2,12(3)19)16(20)18-11-13-8-9-14(21-4)10-15(13)22-5/h8-10H,6-7,11H2,1-5H3,(H,18,20). The van der Waals surface area contributed by atoms with Crippen LogP contribution in [0.1, 0.15) is 39.2 Å². The first-order chi connectivity index (χ1) is 10.4. The Kier molecular flexibility index (Phi) is 6.40. The van der Waals surface area contributed by atoms with Crippen molar-refractivity contribution in [1.82, 2.24) is 5.32 Å². The van der Waals surface area contributed by atoms with Crippen molar-refractivity contribution in [3.63, 3.8) is 0 Å². The molecule has 0 aromatic heterocycles. The van der Waals surface area contributed by atoms with Crippen LogP contribution >= 0.6 is 0 Å². The summed E-state index contributed by atoms with van der Waals surface area (Å²) < 4.78 is 10.5. The first kappa shape index (κ1) is 18.0. The molecule has 5 nitrogen and oxygen atoms in total. The molecule has 1 rings (SSSR count). The quantitative estimate of drug-likeness (QED) is 0.750. The number of benzene rings is 1. The average molecular weight is 307 g/mol. The smallest absolute Gasteiger partial charge is 0.233 e. The topological polar surface area (TPSA) is 64.6 Å². The van der Waals surface area contributed by atoms with Crippen molar-refractivity contribution in [1.29, 1.82) is 0 Å². The van der Waals surface area contributed by atoms with Crippen LogP contribution in [-0.4, -0.2) is 25.9 Å². The van der Waals surface area contributed by atoms with Gasteiger partial charge < -0.3 is 14.8 Å². The number of rotatable bonds is 8. The summed E-state index contributed by atoms with van der Waals surface area (Å²) in [6, 6.07) is 5.41. The molecule has 0 saturated carbocycles. The third-order valence-corrected chi connectivity index (χ3v) is 4.25. The van der Waals surface area contributed by atoms with E-state index in [-0.39, 0.29) is 11.7 Å². The van der Waals surface area contributed by atoms with Gasteiger partial charge in [0.15, 0.2) is 0 Å². The molecule has 1 amide bonds. The molecule has 5 heteroatoms. The van der Waals surface area contributed by atoms with E-state index in [4.69, 9.17) is 9.47 Å². The van der Waals surface area contributed by atoms with Crippen LogP contribution in [0.25, 0.3) is 0 Å². The van der Waals surface area contributed by atoms with Crippen LogP contribution in [0.3, 0.4) is 0 Å². The number of methoxy groups -OCH3 is 2. The Morgan fingerprint density at radius 1 is 1.14 bits per heavy atom. The monoisotopic (exact) mass is 307 g/mol. The molecular formula is C17H25NO4. The Labute approximate surface area is 132 Å². The number of hydrogen-bond donors (Lipinski definition) is 1. The molecule has 1 aromatic carbocycles. The fraction of sp³-hybridized carbons (Fsp3) is 0.529. The van der Waals surface area contributed by atoms with Gasteiger partial charge in [0.25, 0.3) is 0 Å². The SMILES string of the molecule is CCC(CC)(C(C)=O)C(=O)NCc1ccc(OC)cc1OC. The third kappa shape index (κ3) is 3.59. The van der Waals surface area contributed by atoms with E-state index in [0.717, 1.165) is 5.56 Å². The number of ketones is 1. The maximum atomic E-state index is 12.5. The summed E-state index contributed by atoms with van der Waals surface area (Å²) in [5, 5.41) is 2.85. The lowest BCUT2D eigenvalue weighted by Crippen LogP contribution is -2.44. The van der Waals surface area contributed by atoms with Gasteiger partial charge in [-0.05, 0) is 31.9 Å². The van der Waals surface area contributed by atoms with Gasteiger partial charge >= 0.3 is 0 Å². The summed E-state index contributed by atoms with van der Waals surface area (Å²) in [5.74, 6) is 0.993. The van der Waals surface area contributed by atoms with Crippen molar-refractivity contribution in [3.8, 4) is 11.5 Å². The molecule has 0 atom stereocenters. The number of amides is 1. The molecule has 0 spiro atoms. The molecule has 0 aliphatic heterocycles. The Morgan fingerprint density at radius 2 is 1.77 bits per heavy atom. The van der Waals surface area contributed by atoms with Crippen molar-refractivity contribution in [2.75, 3.05) is 14.2 Å². The summed E-state index contributed by atoms with van der Waals surface area (Å²) in [7, 11) is 3.15. The van der Waals surface area contributed by atoms with Crippen LogP contribution in [0.4, 0.5) is 0 Å². The Hall–Kier alpha value is -2.04. The molecule has 0 aliphatic rings. The van der Waals surface area contributed by atoms with Crippen molar-refractivity contribution in [2.45, 2.75) is 40.2 Å². The Morgan fingerprint density at radius 3 is 2.23 bits per heavy atom. The van der Waals surface area contributed by atoms with Crippen LogP contribution in [0.2, 0.25) is 0 Å². The second-order valence-corrected chi connectivity index (χ2v) is 5.21. The fourth-order valence-corrected chi connectivity index (χ4v) is 2.57. The van der Waals surface area contributed by atoms with Gasteiger partial charge in [-0.15, -0.1) is 0 Å². The van der Waals surface area contributed by atoms with Gasteiger partial charge in [-0.3, -0.25) is 9.59 Å². The van der Waals surface area contributed by atoms with E-state index < -0.39 is 5.41 Å². The van der Waals surface area contributed by atoms with Gasteiger partial charge in [-0.1, -0.05) is 13.8 Å². The summed E-state index contributed by atoms with van der Waals surface area (Å²) >= 11 is 0. The van der Waals surface area contributed by atoms with Gasteiger partial charge in [0, 0.05) is 18.2 Å². The van der Waals surface area contributed by atoms with E-state index in [1.807, 2.05) is 26.0 Å². The molecular weight excluding hydrogens is 282 g/mol. The van der Waals surface area contributed by atoms with E-state index in [1.54, 1.807) is 20.3 Å². The Bertz CT molecular complexity index is 535. The van der Waals surface area contributed by atoms with Crippen molar-refractivity contribution in [3.05, 3.63) is 23.8 Å². The normalized spacial score (nSPS) is 11.0. The minimum Gasteiger partial charge on any atom is -0.497 e. The molecule has 1 aromatic rings. The van der Waals surface area contributed by atoms with Crippen LogP contribution in [0.15, 0.2) is 18.2 Å². The van der Waals surface area contributed by atoms with E-state index in [1.165, 1.54) is 6.92 Å². The summed E-state index contributed by atoms with van der Waals surface area (Å²) in [4.78, 5) is 24.4. The van der Waals surface area contributed by atoms with Crippen LogP contribution in [0, 0.1) is 5.41 Å². The summed E-state index contributed by atoms with van der Waals surface area (Å²) in [6.45, 7) is 5.50. The summed E-state index contributed by atoms with van der Waals surface area (Å²) in [6.07, 6.45) is 0.981. The van der Waals surface area contributed by atoms with E-state index in [9.17, 15) is 9.59 Å². The molecule has 1 N–H and O–H groups in total. The van der Waals surface area contributed by atoms with Gasteiger partial charge in [0.2, 0.25) is 5.91 Å². The number of hydrogen-bond acceptors (Lipinski definition) is 4. The number of carbonyl (C=O) groups excluding carboxylic acids is 2. The predicted octanol–water partition coefficient (Wildman–Crippen LogP) is 2.72. The van der Waals surface area contributed by atoms with Gasteiger partial charge in [0.05, 0.1) is 14.2 Å². The highest BCUT2D eigenvalue weighted by Gasteiger charge is 2.39. The minimum atomic E-state index is -0.945. The van der Waals surface area contributed by atoms with Gasteiger partial charge in [0.1, 0.15) is 22.7 Å². The largest absolute Gasteiger partial charge is 0.497 e. The zero-order valence-corrected chi connectivity index (χ0v) is 14.0. The lowest BCUT2D eigenvalue weighted by atomic mass is 9.78. The second-order valence-electron chi connectivity index (χ2n) is 5.21. The summed E-state index contributed by atoms with van der Waals surface area (Å²) in [5.41, 5.74) is -0.110. The second kappa shape index (κ2) is 7.82. The highest BCUT2D eigenvalue weighted by molar-refractivity contribution is 6.04. The number of ether oxygens (including phenoxy) is 2. The van der Waals surface area contributed by atoms with Crippen LogP contribution in [-0.2, 0) is 16.1 Å². The van der Waals surface area contributed by atoms with Gasteiger partial charge in [-0.2, -0.15) is 0 Å². The highest BCUT2D eigenvalue weighted by Crippen LogP contribution is 2.29. The van der Waals surface area contributed by atoms with Crippen molar-refractivity contribution >= 4 is 11.7 Å². The predicted molar refractivity (Wildman–Crippen MR) is 85.1 cm³/mol. The zero-order valence-electron chi connectivity index (χ0n) is 14.0. The van der Waals surface area contributed by atoms with Gasteiger partial charge in [-0.25, -0.2) is 0 Å². The molecule has 0 saturated heterocycles. The maximum absolute atomic E-state index is 12.5. The maximum Gasteiger partial charge on any atom is 0.233 e. The Balaban J connectivity index is 2.89. The molecule has 0 fully saturated rings. The molecule has 122 valence electrons. The zero-order chi connectivity index (χ0) is 16.8. The fourth-order valence-electron chi connectivity index (χ4n) is 2.57. The number of carbonyl (C=O) groups is 2. The highest BCUT2D eigenvalue weighted by atomic mass is 16.5. The van der Waals surface area contributed by atoms with E-state index >= 15 is 0 Å². The lowest BCUT2D eigenvalue weighted by molar-refractivity contribution is -0.141. The first-order valence-corrected chi connectivity index (χ1v) is 7.45. The molecule has 22 heavy (non-hydrogen) atoms. The average Bonchev–Trinajstić information content (AvgIpc) is 2.54. The lowest BCUT2D eigenvalue weighted by Gasteiger charge is -2.27.